The number of aryl methyl sites for hydroxylation is 1. The van der Waals surface area contributed by atoms with Crippen molar-refractivity contribution in [1.82, 2.24) is 18.9 Å². The van der Waals surface area contributed by atoms with E-state index in [-0.39, 0.29) is 11.1 Å². The highest BCUT2D eigenvalue weighted by Crippen LogP contribution is 2.23. The third kappa shape index (κ3) is 3.93. The minimum Gasteiger partial charge on any atom is -0.287 e. The van der Waals surface area contributed by atoms with Crippen LogP contribution in [0, 0.1) is 6.92 Å². The van der Waals surface area contributed by atoms with Crippen LogP contribution < -0.4 is 11.1 Å². The van der Waals surface area contributed by atoms with Gasteiger partial charge in [-0.15, -0.1) is 0 Å². The highest BCUT2D eigenvalue weighted by Gasteiger charge is 2.13. The zero-order chi connectivity index (χ0) is 20.5. The van der Waals surface area contributed by atoms with Gasteiger partial charge in [0, 0.05) is 29.6 Å². The summed E-state index contributed by atoms with van der Waals surface area (Å²) in [6, 6.07) is 10.4. The Hall–Kier alpha value is -2.64. The van der Waals surface area contributed by atoms with Gasteiger partial charge >= 0.3 is 0 Å². The average Bonchev–Trinajstić information content (AvgIpc) is 2.69. The molecule has 0 saturated heterocycles. The van der Waals surface area contributed by atoms with Gasteiger partial charge in [-0.1, -0.05) is 36.4 Å². The first-order chi connectivity index (χ1) is 14.0. The lowest BCUT2D eigenvalue weighted by molar-refractivity contribution is 0.584. The van der Waals surface area contributed by atoms with E-state index in [4.69, 9.17) is 11.6 Å². The Kier molecular flexibility index (Phi) is 5.43. The van der Waals surface area contributed by atoms with Gasteiger partial charge in [0.25, 0.3) is 11.1 Å². The van der Waals surface area contributed by atoms with Crippen molar-refractivity contribution in [2.75, 3.05) is 0 Å². The van der Waals surface area contributed by atoms with E-state index < -0.39 is 0 Å². The summed E-state index contributed by atoms with van der Waals surface area (Å²) in [6.45, 7) is 4.51. The normalized spacial score (nSPS) is 11.4. The van der Waals surface area contributed by atoms with Gasteiger partial charge < -0.3 is 0 Å². The van der Waals surface area contributed by atoms with Crippen molar-refractivity contribution in [2.24, 2.45) is 0 Å². The average molecular weight is 427 g/mol. The lowest BCUT2D eigenvalue weighted by Gasteiger charge is -2.12. The van der Waals surface area contributed by atoms with E-state index in [0.717, 1.165) is 12.0 Å². The number of aromatic nitrogens is 4. The summed E-state index contributed by atoms with van der Waals surface area (Å²) < 4.78 is 3.21. The maximum absolute atomic E-state index is 12.9. The first-order valence-corrected chi connectivity index (χ1v) is 10.6. The van der Waals surface area contributed by atoms with E-state index in [1.54, 1.807) is 29.0 Å². The van der Waals surface area contributed by atoms with Gasteiger partial charge in [-0.2, -0.15) is 0 Å². The van der Waals surface area contributed by atoms with Crippen LogP contribution in [0.5, 0.6) is 0 Å². The molecule has 4 rings (SSSR count). The number of nitrogens with zero attached hydrogens (tertiary/aromatic N) is 4. The molecule has 0 atom stereocenters. The van der Waals surface area contributed by atoms with Gasteiger partial charge in [-0.3, -0.25) is 18.6 Å². The number of rotatable bonds is 5. The predicted octanol–water partition coefficient (Wildman–Crippen LogP) is 4.07. The number of pyridine rings is 1. The second-order valence-corrected chi connectivity index (χ2v) is 8.20. The first-order valence-electron chi connectivity index (χ1n) is 9.28. The minimum absolute atomic E-state index is 0.0852. The van der Waals surface area contributed by atoms with Crippen molar-refractivity contribution in [1.29, 1.82) is 0 Å². The Morgan fingerprint density at radius 1 is 1.10 bits per heavy atom. The number of fused-ring (bicyclic) bond motifs is 2. The monoisotopic (exact) mass is 426 g/mol. The third-order valence-electron chi connectivity index (χ3n) is 4.54. The molecule has 148 valence electrons. The van der Waals surface area contributed by atoms with Gasteiger partial charge in [0.05, 0.1) is 16.6 Å². The molecule has 8 heteroatoms. The van der Waals surface area contributed by atoms with Gasteiger partial charge in [0.2, 0.25) is 0 Å². The predicted molar refractivity (Wildman–Crippen MR) is 117 cm³/mol. The van der Waals surface area contributed by atoms with E-state index in [1.165, 1.54) is 22.2 Å². The molecule has 0 aliphatic rings. The summed E-state index contributed by atoms with van der Waals surface area (Å²) >= 11 is 7.47. The second kappa shape index (κ2) is 8.00. The molecule has 0 bridgehead atoms. The van der Waals surface area contributed by atoms with Gasteiger partial charge in [-0.25, -0.2) is 9.97 Å². The van der Waals surface area contributed by atoms with Crippen molar-refractivity contribution in [3.05, 3.63) is 79.6 Å². The fourth-order valence-electron chi connectivity index (χ4n) is 3.18. The van der Waals surface area contributed by atoms with E-state index >= 15 is 0 Å². The molecule has 0 fully saturated rings. The van der Waals surface area contributed by atoms with Crippen LogP contribution in [0.1, 0.15) is 24.6 Å². The highest BCUT2D eigenvalue weighted by atomic mass is 35.5. The molecular formula is C21H19ClN4O2S. The summed E-state index contributed by atoms with van der Waals surface area (Å²) in [5.41, 5.74) is 2.59. The van der Waals surface area contributed by atoms with E-state index in [2.05, 4.69) is 9.97 Å². The summed E-state index contributed by atoms with van der Waals surface area (Å²) in [5.74, 6) is 0.432. The lowest BCUT2D eigenvalue weighted by Crippen LogP contribution is -2.23. The summed E-state index contributed by atoms with van der Waals surface area (Å²) in [6.07, 6.45) is 2.58. The Morgan fingerprint density at radius 3 is 2.72 bits per heavy atom. The van der Waals surface area contributed by atoms with E-state index in [0.29, 0.717) is 44.7 Å². The molecular weight excluding hydrogens is 408 g/mol. The number of hydrogen-bond acceptors (Lipinski definition) is 5. The quantitative estimate of drug-likeness (QED) is 0.355. The van der Waals surface area contributed by atoms with Crippen LogP contribution in [-0.2, 0) is 12.3 Å². The molecule has 0 amide bonds. The molecule has 0 spiro atoms. The molecule has 6 nitrogen and oxygen atoms in total. The smallest absolute Gasteiger partial charge is 0.262 e. The second-order valence-electron chi connectivity index (χ2n) is 6.82. The maximum Gasteiger partial charge on any atom is 0.262 e. The molecule has 4 aromatic rings. The Morgan fingerprint density at radius 2 is 1.93 bits per heavy atom. The summed E-state index contributed by atoms with van der Waals surface area (Å²) in [4.78, 5) is 34.6. The van der Waals surface area contributed by atoms with Crippen molar-refractivity contribution in [3.63, 3.8) is 0 Å². The Labute approximate surface area is 176 Å². The number of thioether (sulfide) groups is 1. The van der Waals surface area contributed by atoms with Crippen LogP contribution in [0.15, 0.2) is 57.3 Å². The fourth-order valence-corrected chi connectivity index (χ4v) is 4.26. The van der Waals surface area contributed by atoms with Crippen LogP contribution in [-0.4, -0.2) is 18.9 Å². The largest absolute Gasteiger partial charge is 0.287 e. The SMILES string of the molecule is CCCn1c(SCc2cc(=O)n3cc(C)ccc3n2)nc2cc(Cl)ccc2c1=O. The van der Waals surface area contributed by atoms with E-state index in [9.17, 15) is 9.59 Å². The first kappa shape index (κ1) is 19.7. The van der Waals surface area contributed by atoms with Gasteiger partial charge in [0.15, 0.2) is 5.16 Å². The molecule has 3 aromatic heterocycles. The van der Waals surface area contributed by atoms with Crippen LogP contribution >= 0.6 is 23.4 Å². The van der Waals surface area contributed by atoms with Crippen LogP contribution in [0.4, 0.5) is 0 Å². The van der Waals surface area contributed by atoms with Gasteiger partial charge in [-0.05, 0) is 43.2 Å². The molecule has 0 N–H and O–H groups in total. The van der Waals surface area contributed by atoms with Crippen molar-refractivity contribution >= 4 is 39.9 Å². The maximum atomic E-state index is 12.9. The molecule has 3 heterocycles. The molecule has 0 unspecified atom stereocenters. The van der Waals surface area contributed by atoms with E-state index in [1.807, 2.05) is 26.0 Å². The molecule has 0 aliphatic heterocycles. The zero-order valence-corrected chi connectivity index (χ0v) is 17.6. The van der Waals surface area contributed by atoms with Crippen LogP contribution in [0.3, 0.4) is 0 Å². The number of hydrogen-bond donors (Lipinski definition) is 0. The van der Waals surface area contributed by atoms with Crippen molar-refractivity contribution < 1.29 is 0 Å². The Bertz CT molecular complexity index is 1350. The molecule has 1 aromatic carbocycles. The Balaban J connectivity index is 1.73. The van der Waals surface area contributed by atoms with Crippen LogP contribution in [0.2, 0.25) is 5.02 Å². The van der Waals surface area contributed by atoms with Crippen molar-refractivity contribution in [3.8, 4) is 0 Å². The summed E-state index contributed by atoms with van der Waals surface area (Å²) in [5, 5.41) is 1.68. The zero-order valence-electron chi connectivity index (χ0n) is 16.1. The summed E-state index contributed by atoms with van der Waals surface area (Å²) in [7, 11) is 0. The molecule has 0 aliphatic carbocycles. The topological polar surface area (TPSA) is 69.3 Å². The number of halogens is 1. The molecule has 0 saturated carbocycles. The fraction of sp³-hybridized carbons (Fsp3) is 0.238. The highest BCUT2D eigenvalue weighted by molar-refractivity contribution is 7.98. The van der Waals surface area contributed by atoms with Crippen LogP contribution in [0.25, 0.3) is 16.6 Å². The molecule has 0 radical (unpaired) electrons. The minimum atomic E-state index is -0.126. The van der Waals surface area contributed by atoms with Crippen molar-refractivity contribution in [2.45, 2.75) is 37.7 Å². The molecule has 29 heavy (non-hydrogen) atoms. The third-order valence-corrected chi connectivity index (χ3v) is 5.78. The standard InChI is InChI=1S/C21H19ClN4O2S/c1-3-8-25-20(28)16-6-5-14(22)9-17(16)24-21(25)29-12-15-10-19(27)26-11-13(2)4-7-18(26)23-15/h4-7,9-11H,3,8,12H2,1-2H3. The number of benzene rings is 1. The lowest BCUT2D eigenvalue weighted by atomic mass is 10.2. The van der Waals surface area contributed by atoms with Gasteiger partial charge in [0.1, 0.15) is 5.65 Å².